The summed E-state index contributed by atoms with van der Waals surface area (Å²) in [6.07, 6.45) is 0.0215. The summed E-state index contributed by atoms with van der Waals surface area (Å²) < 4.78 is 46.3. The van der Waals surface area contributed by atoms with Crippen LogP contribution in [0.3, 0.4) is 0 Å². The predicted molar refractivity (Wildman–Crippen MR) is 75.9 cm³/mol. The number of hydrogen-bond donors (Lipinski definition) is 1. The van der Waals surface area contributed by atoms with Crippen LogP contribution in [-0.4, -0.2) is 33.5 Å². The van der Waals surface area contributed by atoms with Crippen LogP contribution >= 0.6 is 0 Å². The largest absolute Gasteiger partial charge is 0.462 e. The second kappa shape index (κ2) is 7.45. The van der Waals surface area contributed by atoms with Crippen LogP contribution in [-0.2, 0) is 20.5 Å². The zero-order valence-electron chi connectivity index (χ0n) is 13.0. The maximum atomic E-state index is 14.1. The molecule has 7 heteroatoms. The minimum absolute atomic E-state index is 0.0215. The van der Waals surface area contributed by atoms with Crippen molar-refractivity contribution in [3.8, 4) is 0 Å². The van der Waals surface area contributed by atoms with Gasteiger partial charge in [0.1, 0.15) is 0 Å². The van der Waals surface area contributed by atoms with E-state index in [1.54, 1.807) is 34.6 Å². The lowest BCUT2D eigenvalue weighted by molar-refractivity contribution is -0.175. The van der Waals surface area contributed by atoms with Crippen molar-refractivity contribution >= 4 is 17.0 Å². The lowest BCUT2D eigenvalue weighted by Crippen LogP contribution is -2.54. The smallest absolute Gasteiger partial charge is 0.378 e. The van der Waals surface area contributed by atoms with Crippen LogP contribution in [0.25, 0.3) is 0 Å². The van der Waals surface area contributed by atoms with E-state index in [1.807, 2.05) is 0 Å². The van der Waals surface area contributed by atoms with Gasteiger partial charge < -0.3 is 4.74 Å². The van der Waals surface area contributed by atoms with Crippen LogP contribution in [0.5, 0.6) is 0 Å². The van der Waals surface area contributed by atoms with Gasteiger partial charge in [0.25, 0.3) is 0 Å². The summed E-state index contributed by atoms with van der Waals surface area (Å²) in [5, 5.41) is 0. The van der Waals surface area contributed by atoms with E-state index in [9.17, 15) is 17.8 Å². The molecule has 0 bridgehead atoms. The lowest BCUT2D eigenvalue weighted by atomic mass is 9.99. The van der Waals surface area contributed by atoms with E-state index >= 15 is 0 Å². The van der Waals surface area contributed by atoms with Crippen molar-refractivity contribution in [3.63, 3.8) is 0 Å². The number of ether oxygens (including phenoxy) is 1. The van der Waals surface area contributed by atoms with Crippen molar-refractivity contribution in [2.45, 2.75) is 64.7 Å². The molecule has 0 amide bonds. The molecule has 0 spiro atoms. The first-order chi connectivity index (χ1) is 8.92. The SMILES string of the molecule is CCOC(=O)C(F)(F)C(CC(C)C)N[S@](=O)C(C)(C)C. The van der Waals surface area contributed by atoms with E-state index in [0.717, 1.165) is 0 Å². The highest BCUT2D eigenvalue weighted by molar-refractivity contribution is 7.84. The number of rotatable bonds is 7. The molecule has 0 aromatic carbocycles. The summed E-state index contributed by atoms with van der Waals surface area (Å²) in [5.74, 6) is -5.37. The van der Waals surface area contributed by atoms with Gasteiger partial charge in [-0.3, -0.25) is 0 Å². The third kappa shape index (κ3) is 5.83. The Morgan fingerprint density at radius 3 is 2.15 bits per heavy atom. The fourth-order valence-electron chi connectivity index (χ4n) is 1.42. The average molecular weight is 313 g/mol. The Morgan fingerprint density at radius 1 is 1.30 bits per heavy atom. The highest BCUT2D eigenvalue weighted by atomic mass is 32.2. The van der Waals surface area contributed by atoms with Crippen LogP contribution in [0.1, 0.15) is 48.0 Å². The van der Waals surface area contributed by atoms with E-state index in [4.69, 9.17) is 0 Å². The van der Waals surface area contributed by atoms with Crippen LogP contribution in [0, 0.1) is 5.92 Å². The van der Waals surface area contributed by atoms with Crippen molar-refractivity contribution in [2.75, 3.05) is 6.61 Å². The number of hydrogen-bond acceptors (Lipinski definition) is 3. The zero-order chi connectivity index (χ0) is 16.1. The molecular weight excluding hydrogens is 288 g/mol. The second-order valence-electron chi connectivity index (χ2n) is 6.02. The summed E-state index contributed by atoms with van der Waals surface area (Å²) in [7, 11) is -1.69. The van der Waals surface area contributed by atoms with Gasteiger partial charge in [0, 0.05) is 0 Å². The van der Waals surface area contributed by atoms with Crippen LogP contribution in [0.4, 0.5) is 8.78 Å². The molecule has 1 unspecified atom stereocenters. The molecule has 2 atom stereocenters. The molecule has 0 fully saturated rings. The molecule has 120 valence electrons. The molecule has 0 aliphatic rings. The van der Waals surface area contributed by atoms with E-state index < -0.39 is 33.7 Å². The van der Waals surface area contributed by atoms with Gasteiger partial charge in [0.2, 0.25) is 0 Å². The third-order valence-corrected chi connectivity index (χ3v) is 4.11. The topological polar surface area (TPSA) is 55.4 Å². The Hall–Kier alpha value is -0.560. The molecule has 0 saturated carbocycles. The molecule has 0 aliphatic heterocycles. The molecule has 0 aromatic rings. The minimum atomic E-state index is -3.71. The zero-order valence-corrected chi connectivity index (χ0v) is 13.8. The molecule has 20 heavy (non-hydrogen) atoms. The molecular formula is C13H25F2NO3S. The van der Waals surface area contributed by atoms with Crippen molar-refractivity contribution in [1.82, 2.24) is 4.72 Å². The quantitative estimate of drug-likeness (QED) is 0.735. The fraction of sp³-hybridized carbons (Fsp3) is 0.923. The normalized spacial score (nSPS) is 16.1. The first kappa shape index (κ1) is 19.4. The Bertz CT molecular complexity index is 354. The van der Waals surface area contributed by atoms with E-state index in [2.05, 4.69) is 9.46 Å². The van der Waals surface area contributed by atoms with Gasteiger partial charge in [-0.25, -0.2) is 13.7 Å². The molecule has 0 saturated heterocycles. The van der Waals surface area contributed by atoms with Gasteiger partial charge in [0.05, 0.1) is 28.4 Å². The summed E-state index contributed by atoms with van der Waals surface area (Å²) >= 11 is 0. The summed E-state index contributed by atoms with van der Waals surface area (Å²) in [5.41, 5.74) is 0. The monoisotopic (exact) mass is 313 g/mol. The van der Waals surface area contributed by atoms with Gasteiger partial charge in [-0.05, 0) is 40.0 Å². The highest BCUT2D eigenvalue weighted by Gasteiger charge is 2.50. The molecule has 4 nitrogen and oxygen atoms in total. The maximum Gasteiger partial charge on any atom is 0.378 e. The van der Waals surface area contributed by atoms with Gasteiger partial charge in [0.15, 0.2) is 0 Å². The van der Waals surface area contributed by atoms with Crippen molar-refractivity contribution < 1.29 is 22.5 Å². The van der Waals surface area contributed by atoms with Crippen molar-refractivity contribution in [1.29, 1.82) is 0 Å². The van der Waals surface area contributed by atoms with Gasteiger partial charge in [-0.2, -0.15) is 8.78 Å². The Balaban J connectivity index is 5.14. The van der Waals surface area contributed by atoms with Gasteiger partial charge >= 0.3 is 11.9 Å². The van der Waals surface area contributed by atoms with E-state index in [0.29, 0.717) is 0 Å². The molecule has 0 rings (SSSR count). The average Bonchev–Trinajstić information content (AvgIpc) is 2.26. The second-order valence-corrected chi connectivity index (χ2v) is 8.02. The lowest BCUT2D eigenvalue weighted by Gasteiger charge is -2.29. The highest BCUT2D eigenvalue weighted by Crippen LogP contribution is 2.27. The number of halogens is 2. The van der Waals surface area contributed by atoms with Crippen molar-refractivity contribution in [3.05, 3.63) is 0 Å². The minimum Gasteiger partial charge on any atom is -0.462 e. The molecule has 0 aromatic heterocycles. The first-order valence-electron chi connectivity index (χ1n) is 6.66. The number of esters is 1. The Morgan fingerprint density at radius 2 is 1.80 bits per heavy atom. The molecule has 0 radical (unpaired) electrons. The molecule has 1 N–H and O–H groups in total. The summed E-state index contributed by atoms with van der Waals surface area (Å²) in [6, 6.07) is -1.51. The van der Waals surface area contributed by atoms with Gasteiger partial charge in [-0.15, -0.1) is 0 Å². The first-order valence-corrected chi connectivity index (χ1v) is 7.81. The van der Waals surface area contributed by atoms with E-state index in [1.165, 1.54) is 6.92 Å². The number of nitrogens with one attached hydrogen (secondary N) is 1. The molecule has 0 aliphatic carbocycles. The van der Waals surface area contributed by atoms with E-state index in [-0.39, 0.29) is 18.9 Å². The third-order valence-electron chi connectivity index (χ3n) is 2.50. The van der Waals surface area contributed by atoms with Crippen molar-refractivity contribution in [2.24, 2.45) is 5.92 Å². The van der Waals surface area contributed by atoms with Crippen LogP contribution < -0.4 is 4.72 Å². The summed E-state index contributed by atoms with van der Waals surface area (Å²) in [6.45, 7) is 9.88. The summed E-state index contributed by atoms with van der Waals surface area (Å²) in [4.78, 5) is 11.4. The fourth-order valence-corrected chi connectivity index (χ4v) is 2.27. The number of alkyl halides is 2. The predicted octanol–water partition coefficient (Wildman–Crippen LogP) is 2.65. The maximum absolute atomic E-state index is 14.1. The number of carbonyl (C=O) groups is 1. The van der Waals surface area contributed by atoms with Crippen LogP contribution in [0.15, 0.2) is 0 Å². The Kier molecular flexibility index (Phi) is 7.24. The van der Waals surface area contributed by atoms with Crippen LogP contribution in [0.2, 0.25) is 0 Å². The number of carbonyl (C=O) groups excluding carboxylic acids is 1. The van der Waals surface area contributed by atoms with Gasteiger partial charge in [-0.1, -0.05) is 13.8 Å². The molecule has 0 heterocycles. The Labute approximate surface area is 122 Å². The standard InChI is InChI=1S/C13H25F2NO3S/c1-7-19-11(17)13(14,15)10(8-9(2)3)16-20(18)12(4,5)6/h9-10,16H,7-8H2,1-6H3/t10?,20-/m1/s1.